The lowest BCUT2D eigenvalue weighted by Crippen LogP contribution is -2.64. The van der Waals surface area contributed by atoms with E-state index in [-0.39, 0.29) is 0 Å². The molecule has 2 saturated carbocycles. The maximum atomic E-state index is 6.01. The molecule has 2 fully saturated rings. The van der Waals surface area contributed by atoms with Crippen LogP contribution in [0.3, 0.4) is 0 Å². The van der Waals surface area contributed by atoms with Gasteiger partial charge in [-0.1, -0.05) is 19.3 Å². The van der Waals surface area contributed by atoms with Crippen molar-refractivity contribution in [3.63, 3.8) is 0 Å². The van der Waals surface area contributed by atoms with Crippen molar-refractivity contribution in [1.82, 2.24) is 10.3 Å². The van der Waals surface area contributed by atoms with Crippen LogP contribution in [0, 0.1) is 12.3 Å². The van der Waals surface area contributed by atoms with E-state index in [1.165, 1.54) is 49.1 Å². The van der Waals surface area contributed by atoms with Gasteiger partial charge in [0.2, 0.25) is 0 Å². The molecule has 2 unspecified atom stereocenters. The Kier molecular flexibility index (Phi) is 4.43. The van der Waals surface area contributed by atoms with E-state index in [0.29, 0.717) is 17.6 Å². The topological polar surface area (TPSA) is 34.1 Å². The van der Waals surface area contributed by atoms with Gasteiger partial charge in [-0.3, -0.25) is 0 Å². The van der Waals surface area contributed by atoms with Crippen LogP contribution in [0.15, 0.2) is 5.51 Å². The molecule has 1 N–H and O–H groups in total. The lowest BCUT2D eigenvalue weighted by molar-refractivity contribution is -0.150. The summed E-state index contributed by atoms with van der Waals surface area (Å²) < 4.78 is 6.01. The number of aryl methyl sites for hydroxylation is 1. The summed E-state index contributed by atoms with van der Waals surface area (Å²) in [4.78, 5) is 5.73. The summed E-state index contributed by atoms with van der Waals surface area (Å²) in [6, 6.07) is 0.640. The second kappa shape index (κ2) is 6.12. The molecule has 2 aliphatic rings. The minimum atomic E-state index is 0.423. The molecule has 2 atom stereocenters. The van der Waals surface area contributed by atoms with Crippen molar-refractivity contribution in [3.05, 3.63) is 16.1 Å². The van der Waals surface area contributed by atoms with Gasteiger partial charge in [-0.25, -0.2) is 4.98 Å². The number of aromatic nitrogens is 1. The van der Waals surface area contributed by atoms with E-state index in [1.54, 1.807) is 11.3 Å². The van der Waals surface area contributed by atoms with Crippen LogP contribution in [-0.4, -0.2) is 23.7 Å². The van der Waals surface area contributed by atoms with Crippen molar-refractivity contribution in [2.75, 3.05) is 6.61 Å². The van der Waals surface area contributed by atoms with E-state index in [4.69, 9.17) is 4.74 Å². The molecule has 0 radical (unpaired) electrons. The normalized spacial score (nSPS) is 28.5. The number of thiazole rings is 1. The first-order valence-corrected chi connectivity index (χ1v) is 8.88. The molecular formula is C16H26N2OS. The highest BCUT2D eigenvalue weighted by Crippen LogP contribution is 2.53. The SMILES string of the molecule is CCOC1CC(NCc2scnc2C)C12CCCCC2. The zero-order chi connectivity index (χ0) is 14.0. The van der Waals surface area contributed by atoms with Crippen molar-refractivity contribution < 1.29 is 4.74 Å². The maximum Gasteiger partial charge on any atom is 0.0798 e. The molecule has 2 aliphatic carbocycles. The third kappa shape index (κ3) is 2.53. The molecule has 1 heterocycles. The molecule has 0 amide bonds. The Balaban J connectivity index is 1.62. The van der Waals surface area contributed by atoms with Crippen LogP contribution in [0.2, 0.25) is 0 Å². The summed E-state index contributed by atoms with van der Waals surface area (Å²) in [5, 5.41) is 3.80. The van der Waals surface area contributed by atoms with E-state index in [0.717, 1.165) is 13.2 Å². The average Bonchev–Trinajstić information content (AvgIpc) is 2.88. The van der Waals surface area contributed by atoms with Gasteiger partial charge in [0.25, 0.3) is 0 Å². The van der Waals surface area contributed by atoms with E-state index >= 15 is 0 Å². The number of nitrogens with zero attached hydrogens (tertiary/aromatic N) is 1. The standard InChI is InChI=1S/C16H26N2OS/c1-3-19-15-9-14(16(15)7-5-4-6-8-16)17-10-13-12(2)18-11-20-13/h11,14-15,17H,3-10H2,1-2H3. The van der Waals surface area contributed by atoms with Gasteiger partial charge >= 0.3 is 0 Å². The molecular weight excluding hydrogens is 268 g/mol. The molecule has 0 bridgehead atoms. The monoisotopic (exact) mass is 294 g/mol. The lowest BCUT2D eigenvalue weighted by atomic mass is 9.55. The highest BCUT2D eigenvalue weighted by Gasteiger charge is 2.55. The van der Waals surface area contributed by atoms with Gasteiger partial charge in [-0.05, 0) is 33.1 Å². The summed E-state index contributed by atoms with van der Waals surface area (Å²) in [6.45, 7) is 6.06. The Morgan fingerprint density at radius 3 is 2.85 bits per heavy atom. The maximum absolute atomic E-state index is 6.01. The molecule has 1 aromatic rings. The van der Waals surface area contributed by atoms with Gasteiger partial charge in [0.1, 0.15) is 0 Å². The van der Waals surface area contributed by atoms with Crippen LogP contribution in [0.25, 0.3) is 0 Å². The summed E-state index contributed by atoms with van der Waals surface area (Å²) in [6.07, 6.45) is 8.52. The van der Waals surface area contributed by atoms with E-state index < -0.39 is 0 Å². The first-order valence-electron chi connectivity index (χ1n) is 8.00. The highest BCUT2D eigenvalue weighted by molar-refractivity contribution is 7.09. The largest absolute Gasteiger partial charge is 0.378 e. The number of hydrogen-bond acceptors (Lipinski definition) is 4. The molecule has 4 heteroatoms. The third-order valence-electron chi connectivity index (χ3n) is 5.29. The van der Waals surface area contributed by atoms with Crippen molar-refractivity contribution in [1.29, 1.82) is 0 Å². The van der Waals surface area contributed by atoms with Crippen molar-refractivity contribution in [3.8, 4) is 0 Å². The number of rotatable bonds is 5. The second-order valence-corrected chi connectivity index (χ2v) is 7.21. The number of ether oxygens (including phenoxy) is 1. The first-order chi connectivity index (χ1) is 9.76. The Labute approximate surface area is 126 Å². The predicted octanol–water partition coefficient (Wildman–Crippen LogP) is 3.67. The molecule has 3 nitrogen and oxygen atoms in total. The van der Waals surface area contributed by atoms with Crippen molar-refractivity contribution >= 4 is 11.3 Å². The quantitative estimate of drug-likeness (QED) is 0.899. The average molecular weight is 294 g/mol. The van der Waals surface area contributed by atoms with Crippen molar-refractivity contribution in [2.45, 2.75) is 71.1 Å². The van der Waals surface area contributed by atoms with Crippen LogP contribution >= 0.6 is 11.3 Å². The Morgan fingerprint density at radius 1 is 1.40 bits per heavy atom. The zero-order valence-electron chi connectivity index (χ0n) is 12.7. The van der Waals surface area contributed by atoms with E-state index in [9.17, 15) is 0 Å². The van der Waals surface area contributed by atoms with Crippen molar-refractivity contribution in [2.24, 2.45) is 5.41 Å². The Morgan fingerprint density at radius 2 is 2.20 bits per heavy atom. The molecule has 20 heavy (non-hydrogen) atoms. The molecule has 0 aliphatic heterocycles. The fraction of sp³-hybridized carbons (Fsp3) is 0.812. The van der Waals surface area contributed by atoms with Crippen LogP contribution in [0.1, 0.15) is 56.0 Å². The Bertz CT molecular complexity index is 439. The van der Waals surface area contributed by atoms with Gasteiger partial charge in [-0.15, -0.1) is 11.3 Å². The fourth-order valence-corrected chi connectivity index (χ4v) is 4.79. The highest BCUT2D eigenvalue weighted by atomic mass is 32.1. The molecule has 1 aromatic heterocycles. The summed E-state index contributed by atoms with van der Waals surface area (Å²) in [5.74, 6) is 0. The van der Waals surface area contributed by atoms with Gasteiger partial charge in [-0.2, -0.15) is 0 Å². The van der Waals surface area contributed by atoms with Crippen LogP contribution in [0.4, 0.5) is 0 Å². The van der Waals surface area contributed by atoms with Gasteiger partial charge in [0.15, 0.2) is 0 Å². The minimum absolute atomic E-state index is 0.423. The molecule has 0 saturated heterocycles. The fourth-order valence-electron chi connectivity index (χ4n) is 4.06. The van der Waals surface area contributed by atoms with E-state index in [2.05, 4.69) is 24.1 Å². The molecule has 0 aromatic carbocycles. The number of nitrogens with one attached hydrogen (secondary N) is 1. The summed E-state index contributed by atoms with van der Waals surface area (Å²) in [7, 11) is 0. The summed E-state index contributed by atoms with van der Waals surface area (Å²) >= 11 is 1.77. The van der Waals surface area contributed by atoms with Gasteiger partial charge in [0.05, 0.1) is 17.3 Å². The van der Waals surface area contributed by atoms with Crippen LogP contribution in [0.5, 0.6) is 0 Å². The summed E-state index contributed by atoms with van der Waals surface area (Å²) in [5.41, 5.74) is 3.56. The van der Waals surface area contributed by atoms with Crippen LogP contribution in [-0.2, 0) is 11.3 Å². The molecule has 3 rings (SSSR count). The predicted molar refractivity (Wildman–Crippen MR) is 83.0 cm³/mol. The second-order valence-electron chi connectivity index (χ2n) is 6.27. The van der Waals surface area contributed by atoms with Crippen LogP contribution < -0.4 is 5.32 Å². The number of hydrogen-bond donors (Lipinski definition) is 1. The Hall–Kier alpha value is -0.450. The first kappa shape index (κ1) is 14.5. The van der Waals surface area contributed by atoms with Gasteiger partial charge < -0.3 is 10.1 Å². The minimum Gasteiger partial charge on any atom is -0.378 e. The molecule has 112 valence electrons. The molecule has 1 spiro atoms. The van der Waals surface area contributed by atoms with Gasteiger partial charge in [0, 0.05) is 29.5 Å². The third-order valence-corrected chi connectivity index (χ3v) is 6.23. The zero-order valence-corrected chi connectivity index (χ0v) is 13.5. The van der Waals surface area contributed by atoms with E-state index in [1.807, 2.05) is 5.51 Å². The lowest BCUT2D eigenvalue weighted by Gasteiger charge is -2.58. The smallest absolute Gasteiger partial charge is 0.0798 e.